The lowest BCUT2D eigenvalue weighted by atomic mass is 10.2. The first-order valence-corrected chi connectivity index (χ1v) is 9.10. The molecule has 3 heterocycles. The van der Waals surface area contributed by atoms with Crippen LogP contribution in [-0.4, -0.2) is 24.9 Å². The Labute approximate surface area is 148 Å². The van der Waals surface area contributed by atoms with Crippen molar-refractivity contribution in [2.75, 3.05) is 22.9 Å². The molecule has 1 fully saturated rings. The van der Waals surface area contributed by atoms with Crippen molar-refractivity contribution in [2.24, 2.45) is 0 Å². The van der Waals surface area contributed by atoms with Crippen LogP contribution in [0.4, 0.5) is 11.4 Å². The largest absolute Gasteiger partial charge is 0.372 e. The maximum atomic E-state index is 12.7. The Hall–Kier alpha value is -2.11. The van der Waals surface area contributed by atoms with Crippen molar-refractivity contribution in [3.8, 4) is 0 Å². The molecule has 0 aliphatic carbocycles. The van der Waals surface area contributed by atoms with Crippen LogP contribution in [0.5, 0.6) is 0 Å². The van der Waals surface area contributed by atoms with Gasteiger partial charge in [-0.05, 0) is 48.6 Å². The Kier molecular flexibility index (Phi) is 3.90. The second-order valence-electron chi connectivity index (χ2n) is 5.82. The highest BCUT2D eigenvalue weighted by Gasteiger charge is 2.39. The Balaban J connectivity index is 1.63. The van der Waals surface area contributed by atoms with Gasteiger partial charge in [-0.2, -0.15) is 0 Å². The van der Waals surface area contributed by atoms with Gasteiger partial charge in [-0.1, -0.05) is 17.7 Å². The van der Waals surface area contributed by atoms with Crippen LogP contribution in [0.25, 0.3) is 5.57 Å². The number of hydrogen-bond acceptors (Lipinski definition) is 4. The molecule has 122 valence electrons. The van der Waals surface area contributed by atoms with Gasteiger partial charge in [0.2, 0.25) is 0 Å². The van der Waals surface area contributed by atoms with Crippen LogP contribution < -0.4 is 9.80 Å². The number of amides is 2. The van der Waals surface area contributed by atoms with Crippen LogP contribution in [0, 0.1) is 0 Å². The van der Waals surface area contributed by atoms with Crippen molar-refractivity contribution >= 4 is 51.7 Å². The zero-order valence-electron chi connectivity index (χ0n) is 12.9. The maximum Gasteiger partial charge on any atom is 0.277 e. The predicted octanol–water partition coefficient (Wildman–Crippen LogP) is 3.87. The summed E-state index contributed by atoms with van der Waals surface area (Å²) in [4.78, 5) is 29.4. The van der Waals surface area contributed by atoms with Crippen LogP contribution in [0.3, 0.4) is 0 Å². The first kappa shape index (κ1) is 15.4. The number of halogens is 1. The van der Waals surface area contributed by atoms with Gasteiger partial charge in [0.05, 0.1) is 11.3 Å². The molecule has 1 saturated heterocycles. The molecule has 2 aliphatic heterocycles. The second kappa shape index (κ2) is 6.07. The molecule has 0 spiro atoms. The van der Waals surface area contributed by atoms with Crippen molar-refractivity contribution in [3.05, 3.63) is 51.7 Å². The lowest BCUT2D eigenvalue weighted by molar-refractivity contribution is -0.119. The van der Waals surface area contributed by atoms with Gasteiger partial charge in [-0.15, -0.1) is 11.3 Å². The molecular weight excluding hydrogens is 344 g/mol. The first-order chi connectivity index (χ1) is 11.7. The van der Waals surface area contributed by atoms with Gasteiger partial charge in [0.25, 0.3) is 11.8 Å². The standard InChI is InChI=1S/C18H15ClN2O2S/c19-16-15(14-4-3-11-24-14)17(22)21(18(16)23)13-7-5-12(6-8-13)20-9-1-2-10-20/h3-8,11H,1-2,9-10H2. The third kappa shape index (κ3) is 2.44. The maximum absolute atomic E-state index is 12.7. The molecule has 6 heteroatoms. The van der Waals surface area contributed by atoms with Gasteiger partial charge < -0.3 is 4.90 Å². The summed E-state index contributed by atoms with van der Waals surface area (Å²) in [5.41, 5.74) is 1.96. The van der Waals surface area contributed by atoms with Gasteiger partial charge in [0.1, 0.15) is 5.03 Å². The number of carbonyl (C=O) groups is 2. The Morgan fingerprint density at radius 3 is 2.21 bits per heavy atom. The summed E-state index contributed by atoms with van der Waals surface area (Å²) in [5.74, 6) is -0.819. The second-order valence-corrected chi connectivity index (χ2v) is 7.15. The van der Waals surface area contributed by atoms with Gasteiger partial charge in [0, 0.05) is 23.7 Å². The zero-order valence-corrected chi connectivity index (χ0v) is 14.4. The molecule has 0 bridgehead atoms. The van der Waals surface area contributed by atoms with Gasteiger partial charge in [-0.3, -0.25) is 9.59 Å². The first-order valence-electron chi connectivity index (χ1n) is 7.84. The monoisotopic (exact) mass is 358 g/mol. The molecule has 0 unspecified atom stereocenters. The summed E-state index contributed by atoms with van der Waals surface area (Å²) < 4.78 is 0. The molecule has 4 rings (SSSR count). The molecule has 0 saturated carbocycles. The minimum Gasteiger partial charge on any atom is -0.372 e. The van der Waals surface area contributed by atoms with E-state index in [0.29, 0.717) is 11.3 Å². The lowest BCUT2D eigenvalue weighted by Crippen LogP contribution is -2.31. The number of anilines is 2. The topological polar surface area (TPSA) is 40.6 Å². The molecule has 2 aromatic rings. The minimum atomic E-state index is -0.459. The molecular formula is C18H15ClN2O2S. The summed E-state index contributed by atoms with van der Waals surface area (Å²) in [5, 5.41) is 1.85. The summed E-state index contributed by atoms with van der Waals surface area (Å²) in [6.07, 6.45) is 2.41. The highest BCUT2D eigenvalue weighted by Crippen LogP contribution is 2.37. The number of rotatable bonds is 3. The van der Waals surface area contributed by atoms with E-state index in [4.69, 9.17) is 11.6 Å². The van der Waals surface area contributed by atoms with Crippen molar-refractivity contribution in [1.29, 1.82) is 0 Å². The molecule has 0 atom stereocenters. The zero-order chi connectivity index (χ0) is 16.7. The van der Waals surface area contributed by atoms with Crippen LogP contribution in [0.2, 0.25) is 0 Å². The predicted molar refractivity (Wildman–Crippen MR) is 97.5 cm³/mol. The fraction of sp³-hybridized carbons (Fsp3) is 0.222. The van der Waals surface area contributed by atoms with Crippen molar-refractivity contribution in [1.82, 2.24) is 0 Å². The fourth-order valence-electron chi connectivity index (χ4n) is 3.16. The molecule has 0 N–H and O–H groups in total. The third-order valence-electron chi connectivity index (χ3n) is 4.37. The number of carbonyl (C=O) groups excluding carboxylic acids is 2. The van der Waals surface area contributed by atoms with E-state index in [-0.39, 0.29) is 10.9 Å². The molecule has 24 heavy (non-hydrogen) atoms. The van der Waals surface area contributed by atoms with E-state index in [1.54, 1.807) is 6.07 Å². The SMILES string of the molecule is O=C1C(Cl)=C(c2cccs2)C(=O)N1c1ccc(N2CCCC2)cc1. The van der Waals surface area contributed by atoms with Crippen LogP contribution in [-0.2, 0) is 9.59 Å². The molecule has 2 amide bonds. The highest BCUT2D eigenvalue weighted by molar-refractivity contribution is 7.11. The molecule has 0 radical (unpaired) electrons. The molecule has 4 nitrogen and oxygen atoms in total. The lowest BCUT2D eigenvalue weighted by Gasteiger charge is -2.20. The minimum absolute atomic E-state index is 0.00827. The van der Waals surface area contributed by atoms with Crippen molar-refractivity contribution in [3.63, 3.8) is 0 Å². The van der Waals surface area contributed by atoms with E-state index in [0.717, 1.165) is 28.6 Å². The molecule has 2 aliphatic rings. The summed E-state index contributed by atoms with van der Waals surface area (Å²) in [6, 6.07) is 11.2. The van der Waals surface area contributed by atoms with E-state index >= 15 is 0 Å². The quantitative estimate of drug-likeness (QED) is 0.782. The van der Waals surface area contributed by atoms with Gasteiger partial charge in [0.15, 0.2) is 0 Å². The fourth-order valence-corrected chi connectivity index (χ4v) is 4.25. The van der Waals surface area contributed by atoms with E-state index in [1.807, 2.05) is 35.7 Å². The molecule has 1 aromatic heterocycles. The number of benzene rings is 1. The van der Waals surface area contributed by atoms with Crippen LogP contribution in [0.15, 0.2) is 46.8 Å². The average Bonchev–Trinajstić information content (AvgIpc) is 3.32. The van der Waals surface area contributed by atoms with E-state index < -0.39 is 5.91 Å². The van der Waals surface area contributed by atoms with E-state index in [1.165, 1.54) is 24.2 Å². The van der Waals surface area contributed by atoms with Gasteiger partial charge >= 0.3 is 0 Å². The van der Waals surface area contributed by atoms with Crippen molar-refractivity contribution in [2.45, 2.75) is 12.8 Å². The Morgan fingerprint density at radius 2 is 1.58 bits per heavy atom. The normalized spacial score (nSPS) is 18.2. The van der Waals surface area contributed by atoms with E-state index in [9.17, 15) is 9.59 Å². The van der Waals surface area contributed by atoms with Crippen molar-refractivity contribution < 1.29 is 9.59 Å². The summed E-state index contributed by atoms with van der Waals surface area (Å²) >= 11 is 7.56. The Bertz CT molecular complexity index is 821. The smallest absolute Gasteiger partial charge is 0.277 e. The number of thiophene rings is 1. The van der Waals surface area contributed by atoms with Gasteiger partial charge in [-0.25, -0.2) is 4.90 Å². The van der Waals surface area contributed by atoms with E-state index in [2.05, 4.69) is 4.90 Å². The number of imide groups is 1. The molecule has 1 aromatic carbocycles. The number of hydrogen-bond donors (Lipinski definition) is 0. The van der Waals surface area contributed by atoms with Crippen LogP contribution in [0.1, 0.15) is 17.7 Å². The Morgan fingerprint density at radius 1 is 0.917 bits per heavy atom. The van der Waals surface area contributed by atoms with Crippen LogP contribution >= 0.6 is 22.9 Å². The highest BCUT2D eigenvalue weighted by atomic mass is 35.5. The summed E-state index contributed by atoms with van der Waals surface area (Å²) in [7, 11) is 0. The third-order valence-corrected chi connectivity index (χ3v) is 5.61. The summed E-state index contributed by atoms with van der Waals surface area (Å²) in [6.45, 7) is 2.10. The average molecular weight is 359 g/mol. The number of nitrogens with zero attached hydrogens (tertiary/aromatic N) is 2.